The van der Waals surface area contributed by atoms with Crippen LogP contribution in [0.25, 0.3) is 0 Å². The summed E-state index contributed by atoms with van der Waals surface area (Å²) in [5.74, 6) is -1.97. The summed E-state index contributed by atoms with van der Waals surface area (Å²) in [6.07, 6.45) is 7.15. The first-order chi connectivity index (χ1) is 11.4. The number of rotatable bonds is 6. The fraction of sp³-hybridized carbons (Fsp3) is 0.250. The van der Waals surface area contributed by atoms with E-state index in [4.69, 9.17) is 21.7 Å². The third-order valence-corrected chi connectivity index (χ3v) is 3.02. The smallest absolute Gasteiger partial charge is 0.320 e. The minimum atomic E-state index is -0.987. The van der Waals surface area contributed by atoms with Crippen LogP contribution in [-0.4, -0.2) is 44.2 Å². The van der Waals surface area contributed by atoms with Gasteiger partial charge in [0.2, 0.25) is 0 Å². The topological polar surface area (TPSA) is 152 Å². The van der Waals surface area contributed by atoms with Crippen LogP contribution in [0.4, 0.5) is 0 Å². The van der Waals surface area contributed by atoms with Crippen molar-refractivity contribution in [2.24, 2.45) is 11.5 Å². The third kappa shape index (κ3) is 7.43. The van der Waals surface area contributed by atoms with Crippen LogP contribution in [0.2, 0.25) is 0 Å². The summed E-state index contributed by atoms with van der Waals surface area (Å²) in [4.78, 5) is 28.4. The second-order valence-electron chi connectivity index (χ2n) is 5.01. The Morgan fingerprint density at radius 1 is 0.875 bits per heavy atom. The van der Waals surface area contributed by atoms with E-state index >= 15 is 0 Å². The molecule has 24 heavy (non-hydrogen) atoms. The summed E-state index contributed by atoms with van der Waals surface area (Å²) in [5, 5.41) is 17.0. The molecule has 0 aliphatic carbocycles. The Balaban J connectivity index is 0.000000240. The average molecular weight is 332 g/mol. The van der Waals surface area contributed by atoms with Gasteiger partial charge in [0.15, 0.2) is 0 Å². The molecule has 2 aromatic heterocycles. The molecule has 0 aromatic carbocycles. The van der Waals surface area contributed by atoms with Gasteiger partial charge in [0, 0.05) is 24.8 Å². The molecule has 2 atom stereocenters. The summed E-state index contributed by atoms with van der Waals surface area (Å²) in [7, 11) is 0. The highest BCUT2D eigenvalue weighted by Gasteiger charge is 2.11. The largest absolute Gasteiger partial charge is 0.480 e. The molecule has 2 heterocycles. The van der Waals surface area contributed by atoms with Crippen LogP contribution in [-0.2, 0) is 22.4 Å². The number of aliphatic carboxylic acids is 2. The normalized spacial score (nSPS) is 12.4. The molecule has 0 aliphatic rings. The Kier molecular flexibility index (Phi) is 8.03. The van der Waals surface area contributed by atoms with E-state index in [1.807, 2.05) is 0 Å². The third-order valence-electron chi connectivity index (χ3n) is 3.02. The van der Waals surface area contributed by atoms with Crippen LogP contribution in [0.15, 0.2) is 49.1 Å². The fourth-order valence-corrected chi connectivity index (χ4v) is 1.72. The standard InChI is InChI=1S/2C8H10N2O2/c9-7(8(11)12)5-6-1-3-10-4-2-6;9-7(8(11)12)4-6-2-1-3-10-5-6/h1-4,7H,5,9H2,(H,11,12);1-3,5,7H,4,9H2,(H,11,12). The van der Waals surface area contributed by atoms with Gasteiger partial charge in [-0.15, -0.1) is 0 Å². The average Bonchev–Trinajstić information content (AvgIpc) is 2.57. The van der Waals surface area contributed by atoms with Gasteiger partial charge in [-0.2, -0.15) is 0 Å². The van der Waals surface area contributed by atoms with Crippen molar-refractivity contribution in [1.82, 2.24) is 9.97 Å². The first-order valence-electron chi connectivity index (χ1n) is 7.14. The van der Waals surface area contributed by atoms with Gasteiger partial charge in [0.1, 0.15) is 12.1 Å². The molecular weight excluding hydrogens is 312 g/mol. The number of pyridine rings is 2. The molecule has 2 aromatic rings. The van der Waals surface area contributed by atoms with E-state index in [1.54, 1.807) is 49.1 Å². The highest BCUT2D eigenvalue weighted by Crippen LogP contribution is 2.00. The zero-order chi connectivity index (χ0) is 17.9. The Morgan fingerprint density at radius 3 is 1.88 bits per heavy atom. The molecule has 0 bridgehead atoms. The molecule has 6 N–H and O–H groups in total. The minimum absolute atomic E-state index is 0.323. The van der Waals surface area contributed by atoms with Crippen molar-refractivity contribution in [3.63, 3.8) is 0 Å². The summed E-state index contributed by atoms with van der Waals surface area (Å²) < 4.78 is 0. The number of carbonyl (C=O) groups is 2. The number of nitrogens with zero attached hydrogens (tertiary/aromatic N) is 2. The fourth-order valence-electron chi connectivity index (χ4n) is 1.72. The highest BCUT2D eigenvalue weighted by atomic mass is 16.4. The number of nitrogens with two attached hydrogens (primary N) is 2. The molecule has 0 radical (unpaired) electrons. The molecule has 0 aliphatic heterocycles. The molecule has 8 heteroatoms. The van der Waals surface area contributed by atoms with E-state index in [2.05, 4.69) is 9.97 Å². The van der Waals surface area contributed by atoms with E-state index in [0.29, 0.717) is 12.8 Å². The second-order valence-corrected chi connectivity index (χ2v) is 5.01. The number of hydrogen-bond donors (Lipinski definition) is 4. The van der Waals surface area contributed by atoms with E-state index < -0.39 is 24.0 Å². The predicted octanol–water partition coefficient (Wildman–Crippen LogP) is 0.0720. The maximum absolute atomic E-state index is 10.4. The summed E-state index contributed by atoms with van der Waals surface area (Å²) in [6.45, 7) is 0. The maximum Gasteiger partial charge on any atom is 0.320 e. The van der Waals surface area contributed by atoms with Gasteiger partial charge in [-0.3, -0.25) is 19.6 Å². The molecule has 0 saturated carbocycles. The first-order valence-corrected chi connectivity index (χ1v) is 7.14. The monoisotopic (exact) mass is 332 g/mol. The van der Waals surface area contributed by atoms with Crippen LogP contribution < -0.4 is 11.5 Å². The summed E-state index contributed by atoms with van der Waals surface area (Å²) in [5.41, 5.74) is 12.4. The molecule has 128 valence electrons. The van der Waals surface area contributed by atoms with E-state index in [1.165, 1.54) is 0 Å². The predicted molar refractivity (Wildman–Crippen MR) is 87.1 cm³/mol. The lowest BCUT2D eigenvalue weighted by molar-refractivity contribution is -0.139. The molecule has 8 nitrogen and oxygen atoms in total. The van der Waals surface area contributed by atoms with Crippen molar-refractivity contribution in [3.8, 4) is 0 Å². The van der Waals surface area contributed by atoms with Crippen molar-refractivity contribution in [2.45, 2.75) is 24.9 Å². The van der Waals surface area contributed by atoms with Gasteiger partial charge in [-0.25, -0.2) is 0 Å². The van der Waals surface area contributed by atoms with Crippen LogP contribution in [0, 0.1) is 0 Å². The van der Waals surface area contributed by atoms with Gasteiger partial charge in [0.05, 0.1) is 0 Å². The first kappa shape index (κ1) is 19.2. The zero-order valence-corrected chi connectivity index (χ0v) is 12.9. The lowest BCUT2D eigenvalue weighted by atomic mass is 10.1. The van der Waals surface area contributed by atoms with E-state index in [-0.39, 0.29) is 0 Å². The van der Waals surface area contributed by atoms with Gasteiger partial charge < -0.3 is 21.7 Å². The molecular formula is C16H20N4O4. The van der Waals surface area contributed by atoms with Gasteiger partial charge in [0.25, 0.3) is 0 Å². The van der Waals surface area contributed by atoms with Gasteiger partial charge in [-0.05, 0) is 42.2 Å². The zero-order valence-electron chi connectivity index (χ0n) is 12.9. The number of carboxylic acids is 2. The molecule has 2 rings (SSSR count). The van der Waals surface area contributed by atoms with Crippen molar-refractivity contribution < 1.29 is 19.8 Å². The SMILES string of the molecule is NC(Cc1cccnc1)C(=O)O.NC(Cc1ccncc1)C(=O)O. The van der Waals surface area contributed by atoms with Crippen LogP contribution in [0.3, 0.4) is 0 Å². The van der Waals surface area contributed by atoms with Crippen LogP contribution >= 0.6 is 0 Å². The van der Waals surface area contributed by atoms with Gasteiger partial charge >= 0.3 is 11.9 Å². The number of carboxylic acid groups (broad SMARTS) is 2. The minimum Gasteiger partial charge on any atom is -0.480 e. The Hall–Kier alpha value is -2.84. The Labute approximate surface area is 139 Å². The van der Waals surface area contributed by atoms with Gasteiger partial charge in [-0.1, -0.05) is 6.07 Å². The molecule has 0 saturated heterocycles. The lowest BCUT2D eigenvalue weighted by Crippen LogP contribution is -2.32. The second kappa shape index (κ2) is 10.0. The highest BCUT2D eigenvalue weighted by molar-refractivity contribution is 5.73. The molecule has 0 spiro atoms. The molecule has 2 unspecified atom stereocenters. The van der Waals surface area contributed by atoms with Crippen LogP contribution in [0.1, 0.15) is 11.1 Å². The lowest BCUT2D eigenvalue weighted by Gasteiger charge is -2.04. The van der Waals surface area contributed by atoms with Crippen molar-refractivity contribution >= 4 is 11.9 Å². The summed E-state index contributed by atoms with van der Waals surface area (Å²) in [6, 6.07) is 5.40. The number of hydrogen-bond acceptors (Lipinski definition) is 6. The Morgan fingerprint density at radius 2 is 1.42 bits per heavy atom. The van der Waals surface area contributed by atoms with Crippen molar-refractivity contribution in [3.05, 3.63) is 60.2 Å². The molecule has 0 amide bonds. The van der Waals surface area contributed by atoms with E-state index in [9.17, 15) is 9.59 Å². The maximum atomic E-state index is 10.4. The van der Waals surface area contributed by atoms with Crippen molar-refractivity contribution in [1.29, 1.82) is 0 Å². The quantitative estimate of drug-likeness (QED) is 0.580. The number of aromatic nitrogens is 2. The van der Waals surface area contributed by atoms with E-state index in [0.717, 1.165) is 11.1 Å². The van der Waals surface area contributed by atoms with Crippen LogP contribution in [0.5, 0.6) is 0 Å². The summed E-state index contributed by atoms with van der Waals surface area (Å²) >= 11 is 0. The molecule has 0 fully saturated rings. The van der Waals surface area contributed by atoms with Crippen molar-refractivity contribution in [2.75, 3.05) is 0 Å². The Bertz CT molecular complexity index is 580.